The van der Waals surface area contributed by atoms with Crippen LogP contribution in [0.4, 0.5) is 0 Å². The first-order valence-electron chi connectivity index (χ1n) is 16.8. The molecule has 0 aliphatic heterocycles. The first-order chi connectivity index (χ1) is 18.7. The van der Waals surface area contributed by atoms with Gasteiger partial charge in [-0.1, -0.05) is 20.8 Å². The lowest BCUT2D eigenvalue weighted by Crippen LogP contribution is -2.64. The molecule has 4 saturated carbocycles. The maximum Gasteiger partial charge on any atom is 0.305 e. The average Bonchev–Trinajstić information content (AvgIpc) is 3.16. The van der Waals surface area contributed by atoms with Gasteiger partial charge in [-0.15, -0.1) is 0 Å². The molecule has 0 N–H and O–H groups in total. The average molecular weight is 625 g/mol. The van der Waals surface area contributed by atoms with E-state index in [4.69, 9.17) is 18.0 Å². The summed E-state index contributed by atoms with van der Waals surface area (Å²) < 4.78 is 26.4. The lowest BCUT2D eigenvalue weighted by molar-refractivity contribution is -0.199. The number of fused-ring (bicyclic) bond motifs is 5. The molecule has 0 spiro atoms. The molecule has 5 nitrogen and oxygen atoms in total. The molecule has 0 aromatic rings. The highest BCUT2D eigenvalue weighted by atomic mass is 28.4. The molecule has 0 aromatic carbocycles. The summed E-state index contributed by atoms with van der Waals surface area (Å²) in [6.07, 6.45) is 9.85. The van der Waals surface area contributed by atoms with E-state index in [2.05, 4.69) is 79.7 Å². The van der Waals surface area contributed by atoms with Crippen LogP contribution in [-0.2, 0) is 22.8 Å². The van der Waals surface area contributed by atoms with Crippen molar-refractivity contribution in [1.82, 2.24) is 0 Å². The summed E-state index contributed by atoms with van der Waals surface area (Å²) in [4.78, 5) is 12.4. The topological polar surface area (TPSA) is 54.0 Å². The van der Waals surface area contributed by atoms with Gasteiger partial charge in [-0.05, 0) is 150 Å². The summed E-state index contributed by atoms with van der Waals surface area (Å²) in [6, 6.07) is 0. The smallest absolute Gasteiger partial charge is 0.305 e. The molecule has 11 atom stereocenters. The van der Waals surface area contributed by atoms with Gasteiger partial charge in [-0.25, -0.2) is 0 Å². The van der Waals surface area contributed by atoms with Gasteiger partial charge in [-0.3, -0.25) is 4.79 Å². The first-order valence-corrected chi connectivity index (χ1v) is 27.0. The van der Waals surface area contributed by atoms with Gasteiger partial charge in [0.2, 0.25) is 0 Å². The zero-order valence-electron chi connectivity index (χ0n) is 28.9. The van der Waals surface area contributed by atoms with Crippen molar-refractivity contribution < 1.29 is 22.8 Å². The molecule has 0 radical (unpaired) electrons. The molecule has 0 aromatic heterocycles. The number of hydrogen-bond acceptors (Lipinski definition) is 5. The van der Waals surface area contributed by atoms with Crippen LogP contribution in [0.5, 0.6) is 0 Å². The van der Waals surface area contributed by atoms with Crippen molar-refractivity contribution in [3.63, 3.8) is 0 Å². The van der Waals surface area contributed by atoms with Crippen LogP contribution in [0, 0.1) is 46.3 Å². The Hall–Kier alpha value is 0.000649. The van der Waals surface area contributed by atoms with Crippen molar-refractivity contribution in [2.75, 3.05) is 7.11 Å². The quantitative estimate of drug-likeness (QED) is 0.190. The standard InChI is InChI=1S/C33H64O5Si3/c1-22(18-30(34)35-4)25-14-15-26-31-27(21-29(33(25,26)3)38-41(11,12)13)32(2)17-16-24(36-39(5,6)7)19-23(32)20-28(31)37-40(8,9)10/h22-29,31H,14-21H2,1-13H3/t22-,23?,24-,25?,26?,27?,28?,29+,31?,32+,33-/m1/s1. The maximum absolute atomic E-state index is 12.4. The minimum absolute atomic E-state index is 0.0529. The number of ether oxygens (including phenoxy) is 1. The lowest BCUT2D eigenvalue weighted by atomic mass is 9.43. The molecule has 8 heteroatoms. The third-order valence-electron chi connectivity index (χ3n) is 11.7. The van der Waals surface area contributed by atoms with Crippen LogP contribution in [0.2, 0.25) is 58.9 Å². The number of rotatable bonds is 9. The van der Waals surface area contributed by atoms with Crippen LogP contribution >= 0.6 is 0 Å². The highest BCUT2D eigenvalue weighted by Crippen LogP contribution is 2.69. The molecule has 0 saturated heterocycles. The largest absolute Gasteiger partial charge is 0.469 e. The minimum Gasteiger partial charge on any atom is -0.469 e. The predicted octanol–water partition coefficient (Wildman–Crippen LogP) is 8.72. The van der Waals surface area contributed by atoms with E-state index in [0.717, 1.165) is 6.42 Å². The maximum atomic E-state index is 12.4. The fourth-order valence-corrected chi connectivity index (χ4v) is 13.9. The molecule has 6 unspecified atom stereocenters. The molecule has 0 bridgehead atoms. The van der Waals surface area contributed by atoms with Gasteiger partial charge in [0.25, 0.3) is 0 Å². The number of esters is 1. The van der Waals surface area contributed by atoms with Gasteiger partial charge in [0.1, 0.15) is 0 Å². The first kappa shape index (κ1) is 33.9. The van der Waals surface area contributed by atoms with Gasteiger partial charge >= 0.3 is 5.97 Å². The zero-order valence-corrected chi connectivity index (χ0v) is 31.9. The SMILES string of the molecule is COC(=O)C[C@@H](C)C1CCC2C3C(O[Si](C)(C)C)CC4C[C@H](O[Si](C)(C)C)CC[C@]4(C)C3C[C@H](O[Si](C)(C)C)[C@@]21C. The molecular weight excluding hydrogens is 561 g/mol. The van der Waals surface area contributed by atoms with Crippen molar-refractivity contribution in [2.24, 2.45) is 46.3 Å². The van der Waals surface area contributed by atoms with Crippen LogP contribution in [0.25, 0.3) is 0 Å². The predicted molar refractivity (Wildman–Crippen MR) is 176 cm³/mol. The van der Waals surface area contributed by atoms with Crippen molar-refractivity contribution in [1.29, 1.82) is 0 Å². The molecule has 4 rings (SSSR count). The molecular formula is C33H64O5Si3. The van der Waals surface area contributed by atoms with Crippen molar-refractivity contribution in [2.45, 2.75) is 149 Å². The summed E-state index contributed by atoms with van der Waals surface area (Å²) >= 11 is 0. The molecule has 0 amide bonds. The molecule has 238 valence electrons. The van der Waals surface area contributed by atoms with Crippen LogP contribution in [0.3, 0.4) is 0 Å². The Morgan fingerprint density at radius 2 is 1.41 bits per heavy atom. The van der Waals surface area contributed by atoms with E-state index in [-0.39, 0.29) is 17.5 Å². The highest BCUT2D eigenvalue weighted by Gasteiger charge is 2.67. The Bertz CT molecular complexity index is 939. The van der Waals surface area contributed by atoms with Crippen LogP contribution in [0.15, 0.2) is 0 Å². The van der Waals surface area contributed by atoms with E-state index < -0.39 is 25.0 Å². The van der Waals surface area contributed by atoms with Crippen molar-refractivity contribution >= 4 is 30.9 Å². The van der Waals surface area contributed by atoms with Crippen LogP contribution < -0.4 is 0 Å². The summed E-state index contributed by atoms with van der Waals surface area (Å²) in [7, 11) is -3.62. The molecule has 41 heavy (non-hydrogen) atoms. The third kappa shape index (κ3) is 7.13. The molecule has 4 aliphatic carbocycles. The molecule has 0 heterocycles. The van der Waals surface area contributed by atoms with Crippen molar-refractivity contribution in [3.8, 4) is 0 Å². The summed E-state index contributed by atoms with van der Waals surface area (Å²) in [5.41, 5.74) is 0.360. The van der Waals surface area contributed by atoms with E-state index in [1.54, 1.807) is 0 Å². The Morgan fingerprint density at radius 1 is 0.805 bits per heavy atom. The van der Waals surface area contributed by atoms with Gasteiger partial charge < -0.3 is 18.0 Å². The highest BCUT2D eigenvalue weighted by molar-refractivity contribution is 6.70. The second kappa shape index (κ2) is 11.7. The Labute approximate surface area is 256 Å². The number of carbonyl (C=O) groups is 1. The molecule has 4 fully saturated rings. The summed E-state index contributed by atoms with van der Waals surface area (Å²) in [5, 5.41) is 0. The van der Waals surface area contributed by atoms with E-state index in [1.807, 2.05) is 0 Å². The minimum atomic E-state index is -1.80. The van der Waals surface area contributed by atoms with E-state index in [1.165, 1.54) is 45.6 Å². The second-order valence-electron chi connectivity index (χ2n) is 17.9. The van der Waals surface area contributed by atoms with Crippen molar-refractivity contribution in [3.05, 3.63) is 0 Å². The summed E-state index contributed by atoms with van der Waals surface area (Å²) in [6.45, 7) is 28.7. The lowest BCUT2D eigenvalue weighted by Gasteiger charge is -2.66. The Morgan fingerprint density at radius 3 is 1.98 bits per heavy atom. The van der Waals surface area contributed by atoms with Gasteiger partial charge in [0.15, 0.2) is 25.0 Å². The van der Waals surface area contributed by atoms with Crippen LogP contribution in [0.1, 0.15) is 72.1 Å². The third-order valence-corrected chi connectivity index (χ3v) is 14.7. The Kier molecular flexibility index (Phi) is 9.70. The van der Waals surface area contributed by atoms with Gasteiger partial charge in [0.05, 0.1) is 13.2 Å². The number of hydrogen-bond donors (Lipinski definition) is 0. The number of carbonyl (C=O) groups excluding carboxylic acids is 1. The zero-order chi connectivity index (χ0) is 30.8. The van der Waals surface area contributed by atoms with E-state index in [0.29, 0.717) is 59.6 Å². The summed E-state index contributed by atoms with van der Waals surface area (Å²) in [5.74, 6) is 3.08. The fourth-order valence-electron chi connectivity index (χ4n) is 10.3. The van der Waals surface area contributed by atoms with Gasteiger partial charge in [-0.2, -0.15) is 0 Å². The molecule has 4 aliphatic rings. The normalized spacial score (nSPS) is 42.2. The van der Waals surface area contributed by atoms with E-state index >= 15 is 0 Å². The Balaban J connectivity index is 1.75. The number of methoxy groups -OCH3 is 1. The van der Waals surface area contributed by atoms with Gasteiger partial charge in [0, 0.05) is 18.6 Å². The monoisotopic (exact) mass is 624 g/mol. The second-order valence-corrected chi connectivity index (χ2v) is 31.3. The van der Waals surface area contributed by atoms with E-state index in [9.17, 15) is 4.79 Å². The fraction of sp³-hybridized carbons (Fsp3) is 0.970. The van der Waals surface area contributed by atoms with Crippen LogP contribution in [-0.4, -0.2) is 56.3 Å².